The van der Waals surface area contributed by atoms with Gasteiger partial charge in [-0.3, -0.25) is 4.79 Å². The third-order valence-electron chi connectivity index (χ3n) is 3.71. The third kappa shape index (κ3) is 4.31. The van der Waals surface area contributed by atoms with Crippen LogP contribution in [0.15, 0.2) is 47.5 Å². The molecule has 1 aliphatic rings. The van der Waals surface area contributed by atoms with Gasteiger partial charge < -0.3 is 10.1 Å². The molecule has 2 aromatic rings. The van der Waals surface area contributed by atoms with Gasteiger partial charge in [-0.1, -0.05) is 6.07 Å². The van der Waals surface area contributed by atoms with Crippen molar-refractivity contribution in [2.45, 2.75) is 20.8 Å². The normalized spacial score (nSPS) is 13.3. The predicted molar refractivity (Wildman–Crippen MR) is 104 cm³/mol. The summed E-state index contributed by atoms with van der Waals surface area (Å²) in [4.78, 5) is 18.2. The zero-order valence-electron chi connectivity index (χ0n) is 14.6. The Morgan fingerprint density at radius 3 is 2.36 bits per heavy atom. The number of ether oxygens (including phenoxy) is 1. The highest BCUT2D eigenvalue weighted by atomic mass is 35.5. The van der Waals surface area contributed by atoms with E-state index < -0.39 is 0 Å². The molecule has 0 saturated heterocycles. The number of carbonyl (C=O) groups excluding carboxylic acids is 1. The maximum atomic E-state index is 12.3. The number of anilines is 2. The molecule has 1 aliphatic heterocycles. The van der Waals surface area contributed by atoms with E-state index in [1.807, 2.05) is 57.2 Å². The molecule has 0 aromatic heterocycles. The van der Waals surface area contributed by atoms with Gasteiger partial charge in [-0.15, -0.1) is 12.4 Å². The van der Waals surface area contributed by atoms with Crippen LogP contribution in [0.1, 0.15) is 18.1 Å². The second-order valence-corrected chi connectivity index (χ2v) is 5.80. The highest BCUT2D eigenvalue weighted by Gasteiger charge is 2.27. The van der Waals surface area contributed by atoms with Gasteiger partial charge in [0.25, 0.3) is 5.91 Å². The number of rotatable bonds is 4. The molecular weight excluding hydrogens is 338 g/mol. The molecule has 132 valence electrons. The monoisotopic (exact) mass is 359 g/mol. The van der Waals surface area contributed by atoms with E-state index in [0.717, 1.165) is 28.3 Å². The van der Waals surface area contributed by atoms with Gasteiger partial charge in [0, 0.05) is 5.69 Å². The fourth-order valence-corrected chi connectivity index (χ4v) is 2.80. The van der Waals surface area contributed by atoms with Crippen molar-refractivity contribution in [3.63, 3.8) is 0 Å². The Bertz CT molecular complexity index is 768. The molecule has 0 bridgehead atoms. The number of nitrogens with zero attached hydrogens (tertiary/aromatic N) is 2. The van der Waals surface area contributed by atoms with Crippen molar-refractivity contribution >= 4 is 35.6 Å². The zero-order chi connectivity index (χ0) is 17.1. The lowest BCUT2D eigenvalue weighted by Gasteiger charge is -2.20. The number of guanidine groups is 1. The Morgan fingerprint density at radius 2 is 1.76 bits per heavy atom. The quantitative estimate of drug-likeness (QED) is 0.899. The van der Waals surface area contributed by atoms with Crippen molar-refractivity contribution in [1.82, 2.24) is 0 Å². The van der Waals surface area contributed by atoms with E-state index in [9.17, 15) is 4.79 Å². The first-order chi connectivity index (χ1) is 11.6. The molecule has 5 nitrogen and oxygen atoms in total. The number of benzene rings is 2. The summed E-state index contributed by atoms with van der Waals surface area (Å²) in [6, 6.07) is 13.6. The summed E-state index contributed by atoms with van der Waals surface area (Å²) in [5, 5.41) is 3.27. The van der Waals surface area contributed by atoms with Gasteiger partial charge in [-0.2, -0.15) is 0 Å². The Kier molecular flexibility index (Phi) is 6.04. The summed E-state index contributed by atoms with van der Waals surface area (Å²) in [5.41, 5.74) is 4.03. The Balaban J connectivity index is 0.00000225. The molecule has 1 N–H and O–H groups in total. The highest BCUT2D eigenvalue weighted by molar-refractivity contribution is 6.24. The van der Waals surface area contributed by atoms with Crippen LogP contribution in [-0.4, -0.2) is 25.0 Å². The molecule has 0 aliphatic carbocycles. The Morgan fingerprint density at radius 1 is 1.12 bits per heavy atom. The van der Waals surface area contributed by atoms with Gasteiger partial charge in [0.15, 0.2) is 0 Å². The minimum atomic E-state index is -0.0500. The fraction of sp³-hybridized carbons (Fsp3) is 0.263. The van der Waals surface area contributed by atoms with Crippen LogP contribution >= 0.6 is 12.4 Å². The van der Waals surface area contributed by atoms with Crippen molar-refractivity contribution in [2.75, 3.05) is 23.4 Å². The molecule has 2 aromatic carbocycles. The number of hydrogen-bond donors (Lipinski definition) is 1. The first-order valence-corrected chi connectivity index (χ1v) is 8.02. The van der Waals surface area contributed by atoms with Crippen molar-refractivity contribution in [3.05, 3.63) is 53.6 Å². The van der Waals surface area contributed by atoms with Crippen molar-refractivity contribution in [2.24, 2.45) is 4.99 Å². The fourth-order valence-electron chi connectivity index (χ4n) is 2.80. The van der Waals surface area contributed by atoms with E-state index in [4.69, 9.17) is 4.74 Å². The number of amides is 1. The topological polar surface area (TPSA) is 53.9 Å². The van der Waals surface area contributed by atoms with Crippen LogP contribution in [0.2, 0.25) is 0 Å². The van der Waals surface area contributed by atoms with Crippen LogP contribution in [0.4, 0.5) is 11.4 Å². The van der Waals surface area contributed by atoms with Gasteiger partial charge in [0.05, 0.1) is 12.3 Å². The standard InChI is InChI=1S/C19H21N3O2.ClH/c1-4-24-17-7-5-16(6-8-17)22-18(23)12-20-19(22)21-15-10-13(2)9-14(3)11-15;/h5-11H,4,12H2,1-3H3,(H,20,21);1H. The minimum Gasteiger partial charge on any atom is -0.494 e. The molecule has 0 spiro atoms. The Labute approximate surface area is 154 Å². The third-order valence-corrected chi connectivity index (χ3v) is 3.71. The molecule has 6 heteroatoms. The van der Waals surface area contributed by atoms with E-state index in [1.54, 1.807) is 4.90 Å². The average Bonchev–Trinajstić information content (AvgIpc) is 2.88. The molecule has 0 radical (unpaired) electrons. The molecule has 1 heterocycles. The lowest BCUT2D eigenvalue weighted by Crippen LogP contribution is -2.36. The summed E-state index contributed by atoms with van der Waals surface area (Å²) in [6.45, 7) is 6.80. The summed E-state index contributed by atoms with van der Waals surface area (Å²) in [7, 11) is 0. The second kappa shape index (κ2) is 8.03. The first-order valence-electron chi connectivity index (χ1n) is 8.02. The lowest BCUT2D eigenvalue weighted by molar-refractivity contribution is -0.115. The first kappa shape index (κ1) is 18.8. The van der Waals surface area contributed by atoms with Crippen LogP contribution < -0.4 is 15.0 Å². The highest BCUT2D eigenvalue weighted by Crippen LogP contribution is 2.23. The van der Waals surface area contributed by atoms with Gasteiger partial charge in [0.1, 0.15) is 12.3 Å². The number of aryl methyl sites for hydroxylation is 2. The van der Waals surface area contributed by atoms with Crippen molar-refractivity contribution in [1.29, 1.82) is 0 Å². The van der Waals surface area contributed by atoms with Crippen LogP contribution in [-0.2, 0) is 4.79 Å². The summed E-state index contributed by atoms with van der Waals surface area (Å²) in [6.07, 6.45) is 0. The van der Waals surface area contributed by atoms with Crippen LogP contribution in [0, 0.1) is 13.8 Å². The van der Waals surface area contributed by atoms with E-state index >= 15 is 0 Å². The number of halogens is 1. The molecule has 25 heavy (non-hydrogen) atoms. The lowest BCUT2D eigenvalue weighted by atomic mass is 10.1. The number of carbonyl (C=O) groups is 1. The predicted octanol–water partition coefficient (Wildman–Crippen LogP) is 3.94. The van der Waals surface area contributed by atoms with Crippen molar-refractivity contribution in [3.8, 4) is 5.75 Å². The summed E-state index contributed by atoms with van der Waals surface area (Å²) >= 11 is 0. The zero-order valence-corrected chi connectivity index (χ0v) is 15.4. The van der Waals surface area contributed by atoms with Gasteiger partial charge in [-0.05, 0) is 68.3 Å². The minimum absolute atomic E-state index is 0. The van der Waals surface area contributed by atoms with Crippen LogP contribution in [0.25, 0.3) is 0 Å². The van der Waals surface area contributed by atoms with E-state index in [2.05, 4.69) is 16.4 Å². The SMILES string of the molecule is CCOc1ccc(N2C(=O)CN=C2Nc2cc(C)cc(C)c2)cc1.Cl. The van der Waals surface area contributed by atoms with Crippen molar-refractivity contribution < 1.29 is 9.53 Å². The van der Waals surface area contributed by atoms with Crippen LogP contribution in [0.3, 0.4) is 0 Å². The second-order valence-electron chi connectivity index (χ2n) is 5.80. The molecule has 0 unspecified atom stereocenters. The number of hydrogen-bond acceptors (Lipinski definition) is 4. The maximum absolute atomic E-state index is 12.3. The van der Waals surface area contributed by atoms with Gasteiger partial charge in [-0.25, -0.2) is 9.89 Å². The summed E-state index contributed by atoms with van der Waals surface area (Å²) < 4.78 is 5.45. The molecule has 1 amide bonds. The van der Waals surface area contributed by atoms with E-state index in [0.29, 0.717) is 12.6 Å². The van der Waals surface area contributed by atoms with E-state index in [-0.39, 0.29) is 24.9 Å². The molecule has 0 atom stereocenters. The summed E-state index contributed by atoms with van der Waals surface area (Å²) in [5.74, 6) is 1.29. The van der Waals surface area contributed by atoms with Gasteiger partial charge in [0.2, 0.25) is 5.96 Å². The van der Waals surface area contributed by atoms with Gasteiger partial charge >= 0.3 is 0 Å². The maximum Gasteiger partial charge on any atom is 0.255 e. The molecule has 3 rings (SSSR count). The molecule has 0 saturated carbocycles. The molecule has 0 fully saturated rings. The Hall–Kier alpha value is -2.53. The van der Waals surface area contributed by atoms with Crippen LogP contribution in [0.5, 0.6) is 5.75 Å². The average molecular weight is 360 g/mol. The number of aliphatic imine (C=N–C) groups is 1. The smallest absolute Gasteiger partial charge is 0.255 e. The van der Waals surface area contributed by atoms with E-state index in [1.165, 1.54) is 0 Å². The largest absolute Gasteiger partial charge is 0.494 e. The molecular formula is C19H22ClN3O2. The number of nitrogens with one attached hydrogen (secondary N) is 1.